The normalized spacial score (nSPS) is 15.5. The van der Waals surface area contributed by atoms with Crippen molar-refractivity contribution in [3.05, 3.63) is 49.8 Å². The van der Waals surface area contributed by atoms with Crippen molar-refractivity contribution in [2.75, 3.05) is 0 Å². The summed E-state index contributed by atoms with van der Waals surface area (Å²) in [6.07, 6.45) is 4.49. The van der Waals surface area contributed by atoms with Crippen molar-refractivity contribution in [3.63, 3.8) is 0 Å². The maximum absolute atomic E-state index is 9.75. The number of rotatable bonds is 0. The second kappa shape index (κ2) is 19.4. The molecule has 8 heteroatoms. The van der Waals surface area contributed by atoms with Crippen LogP contribution >= 0.6 is 0 Å². The molecule has 1 aliphatic carbocycles. The second-order valence-electron chi connectivity index (χ2n) is 3.82. The van der Waals surface area contributed by atoms with Gasteiger partial charge in [-0.2, -0.15) is 6.92 Å². The maximum atomic E-state index is 9.75. The van der Waals surface area contributed by atoms with Crippen molar-refractivity contribution in [1.82, 2.24) is 0 Å². The first-order valence-corrected chi connectivity index (χ1v) is 5.67. The summed E-state index contributed by atoms with van der Waals surface area (Å²) in [6, 6.07) is 0. The molecule has 0 atom stereocenters. The fourth-order valence-corrected chi connectivity index (χ4v) is 1.41. The molecule has 0 saturated heterocycles. The van der Waals surface area contributed by atoms with Gasteiger partial charge in [0.2, 0.25) is 0 Å². The third-order valence-electron chi connectivity index (χ3n) is 2.81. The van der Waals surface area contributed by atoms with Crippen LogP contribution in [0, 0.1) is 62.2 Å². The molecule has 0 unspecified atom stereocenters. The van der Waals surface area contributed by atoms with E-state index in [-0.39, 0.29) is 20.4 Å². The Morgan fingerprint density at radius 2 is 0.826 bits per heavy atom. The number of terminal acetylenes is 1. The van der Waals surface area contributed by atoms with E-state index in [0.29, 0.717) is 0 Å². The molecule has 0 aromatic heterocycles. The zero-order valence-corrected chi connectivity index (χ0v) is 16.3. The molecule has 0 bridgehead atoms. The number of halogens is 4. The van der Waals surface area contributed by atoms with Crippen molar-refractivity contribution in [2.24, 2.45) is 0 Å². The molecule has 0 aromatic rings. The van der Waals surface area contributed by atoms with Crippen molar-refractivity contribution in [2.45, 2.75) is 34.6 Å². The summed E-state index contributed by atoms with van der Waals surface area (Å²) < 4.78 is 54.0. The summed E-state index contributed by atoms with van der Waals surface area (Å²) in [5, 5.41) is 0. The molecule has 2 nitrogen and oxygen atoms in total. The third-order valence-corrected chi connectivity index (χ3v) is 2.81. The predicted octanol–water partition coefficient (Wildman–Crippen LogP) is 4.65. The van der Waals surface area contributed by atoms with Crippen LogP contribution in [0.5, 0.6) is 0 Å². The first-order chi connectivity index (χ1) is 9.97. The van der Waals surface area contributed by atoms with Crippen LogP contribution < -0.4 is 0 Å². The summed E-state index contributed by atoms with van der Waals surface area (Å²) in [5.41, 5.74) is 0. The molecule has 130 valence electrons. The van der Waals surface area contributed by atoms with Crippen molar-refractivity contribution < 1.29 is 47.0 Å². The van der Waals surface area contributed by atoms with E-state index in [4.69, 9.17) is 9.30 Å². The van der Waals surface area contributed by atoms with E-state index in [0.717, 1.165) is 0 Å². The molecule has 23 heavy (non-hydrogen) atoms. The predicted molar refractivity (Wildman–Crippen MR) is 76.8 cm³/mol. The zero-order valence-electron chi connectivity index (χ0n) is 13.6. The van der Waals surface area contributed by atoms with Gasteiger partial charge in [-0.1, -0.05) is 34.6 Å². The standard InChI is InChI=1S/C10H15.C3H3.2CO.BF4.Re/c1-6-7(2)9(4)10(5)8(6)3;1-3-2;2*1-2;2-1(3,4)5;/h1-5H3;1H,2H2;;;;/q;-1;;;-1;. The third kappa shape index (κ3) is 21.4. The Labute approximate surface area is 151 Å². The van der Waals surface area contributed by atoms with Crippen LogP contribution in [0.1, 0.15) is 34.6 Å². The van der Waals surface area contributed by atoms with Gasteiger partial charge in [0.15, 0.2) is 0 Å². The molecule has 0 N–H and O–H groups in total. The van der Waals surface area contributed by atoms with E-state index in [2.05, 4.69) is 61.3 Å². The Balaban J connectivity index is -0.0000000712. The van der Waals surface area contributed by atoms with Gasteiger partial charge in [-0.25, -0.2) is 0 Å². The minimum Gasteiger partial charge on any atom is 0 e. The van der Waals surface area contributed by atoms with Gasteiger partial charge in [-0.05, 0) is 29.6 Å². The van der Waals surface area contributed by atoms with Crippen LogP contribution in [0.2, 0.25) is 0 Å². The second-order valence-corrected chi connectivity index (χ2v) is 3.82. The van der Waals surface area contributed by atoms with Crippen LogP contribution in [0.25, 0.3) is 0 Å². The fraction of sp³-hybridized carbons (Fsp3) is 0.333. The number of hydrogen-bond donors (Lipinski definition) is 0. The van der Waals surface area contributed by atoms with E-state index >= 15 is 0 Å². The Morgan fingerprint density at radius 3 is 0.870 bits per heavy atom. The Bertz CT molecular complexity index is 283. The number of hydrogen-bond acceptors (Lipinski definition) is 0. The van der Waals surface area contributed by atoms with Gasteiger partial charge in [0.25, 0.3) is 0 Å². The van der Waals surface area contributed by atoms with E-state index in [1.165, 1.54) is 29.6 Å². The van der Waals surface area contributed by atoms with Crippen molar-refractivity contribution in [1.29, 1.82) is 0 Å². The molecule has 0 aromatic carbocycles. The van der Waals surface area contributed by atoms with Crippen LogP contribution in [-0.4, -0.2) is 7.25 Å². The summed E-state index contributed by atoms with van der Waals surface area (Å²) in [5.74, 6) is 9.34. The average Bonchev–Trinajstić information content (AvgIpc) is 2.61. The summed E-state index contributed by atoms with van der Waals surface area (Å²) >= 11 is 0. The molecule has 0 aliphatic heterocycles. The maximum Gasteiger partial charge on any atom is 0 e. The SMILES string of the molecule is C#C[CH2-].C[C]1[C](C)[C](C)[C](C)[C]1C.F[B-](F)(F)F.[C-]#[O+].[C-]#[O+].[Re]. The van der Waals surface area contributed by atoms with E-state index in [1.807, 2.05) is 5.92 Å². The van der Waals surface area contributed by atoms with Gasteiger partial charge >= 0.3 is 29.9 Å². The van der Waals surface area contributed by atoms with Gasteiger partial charge < -0.3 is 29.6 Å². The van der Waals surface area contributed by atoms with Crippen LogP contribution in [0.15, 0.2) is 0 Å². The Kier molecular flexibility index (Phi) is 28.6. The average molecular weight is 503 g/mol. The summed E-state index contributed by atoms with van der Waals surface area (Å²) in [4.78, 5) is 0. The molecule has 1 aliphatic rings. The van der Waals surface area contributed by atoms with Crippen LogP contribution in [0.4, 0.5) is 17.3 Å². The molecule has 1 saturated carbocycles. The monoisotopic (exact) mass is 504 g/mol. The molecular weight excluding hydrogens is 485 g/mol. The first kappa shape index (κ1) is 33.8. The molecule has 0 amide bonds. The van der Waals surface area contributed by atoms with Crippen LogP contribution in [-0.2, 0) is 29.7 Å². The molecule has 1 fully saturated rings. The van der Waals surface area contributed by atoms with Gasteiger partial charge in [-0.3, -0.25) is 0 Å². The quantitative estimate of drug-likeness (QED) is 0.152. The molecule has 1 rings (SSSR count). The Morgan fingerprint density at radius 1 is 0.783 bits per heavy atom. The zero-order chi connectivity index (χ0) is 19.1. The Hall–Kier alpha value is -0.643. The van der Waals surface area contributed by atoms with Gasteiger partial charge in [0.05, 0.1) is 0 Å². The van der Waals surface area contributed by atoms with Gasteiger partial charge in [-0.15, -0.1) is 0 Å². The molecular formula is C15H18BF4O2Re-2. The fourth-order valence-electron chi connectivity index (χ4n) is 1.41. The van der Waals surface area contributed by atoms with Crippen LogP contribution in [0.3, 0.4) is 0 Å². The first-order valence-electron chi connectivity index (χ1n) is 5.67. The largest absolute Gasteiger partial charge is 0 e. The van der Waals surface area contributed by atoms with E-state index in [9.17, 15) is 17.3 Å². The minimum atomic E-state index is -6.00. The molecule has 0 spiro atoms. The minimum absolute atomic E-state index is 0. The van der Waals surface area contributed by atoms with Crippen molar-refractivity contribution in [3.8, 4) is 12.3 Å². The van der Waals surface area contributed by atoms with Gasteiger partial charge in [0.1, 0.15) is 0 Å². The summed E-state index contributed by atoms with van der Waals surface area (Å²) in [7, 11) is -6.00. The summed E-state index contributed by atoms with van der Waals surface area (Å²) in [6.45, 7) is 23.0. The smallest absolute Gasteiger partial charge is 0 e. The topological polar surface area (TPSA) is 39.8 Å². The van der Waals surface area contributed by atoms with Gasteiger partial charge in [0, 0.05) is 20.4 Å². The molecule has 0 heterocycles. The van der Waals surface area contributed by atoms with E-state index < -0.39 is 7.25 Å². The molecule has 6 radical (unpaired) electrons. The van der Waals surface area contributed by atoms with Crippen molar-refractivity contribution >= 4 is 7.25 Å². The van der Waals surface area contributed by atoms with E-state index in [1.54, 1.807) is 0 Å².